The van der Waals surface area contributed by atoms with E-state index in [-0.39, 0.29) is 11.8 Å². The molecular formula is C12H18N4O2. The molecule has 0 bridgehead atoms. The minimum Gasteiger partial charge on any atom is -0.359 e. The standard InChI is InChI=1S/C12H18N4O2/c1-8-9(6-14-15-8)10(17)16-5-4-12(2,7-16)11(18)13-3/h6H,4-5,7H2,1-3H3,(H,13,18)(H,14,15). The number of aromatic nitrogens is 2. The number of rotatable bonds is 2. The zero-order valence-corrected chi connectivity index (χ0v) is 10.9. The summed E-state index contributed by atoms with van der Waals surface area (Å²) in [6.45, 7) is 4.76. The van der Waals surface area contributed by atoms with Gasteiger partial charge in [0.05, 0.1) is 17.2 Å². The van der Waals surface area contributed by atoms with Gasteiger partial charge in [-0.15, -0.1) is 0 Å². The second kappa shape index (κ2) is 4.44. The second-order valence-electron chi connectivity index (χ2n) is 5.03. The number of aryl methyl sites for hydroxylation is 1. The SMILES string of the molecule is CNC(=O)C1(C)CCN(C(=O)c2cn[nH]c2C)C1. The first-order valence-electron chi connectivity index (χ1n) is 5.99. The van der Waals surface area contributed by atoms with Crippen LogP contribution in [0.5, 0.6) is 0 Å². The minimum absolute atomic E-state index is 0.0123. The number of nitrogens with one attached hydrogen (secondary N) is 2. The largest absolute Gasteiger partial charge is 0.359 e. The topological polar surface area (TPSA) is 78.1 Å². The van der Waals surface area contributed by atoms with Crippen LogP contribution in [0.15, 0.2) is 6.20 Å². The van der Waals surface area contributed by atoms with Gasteiger partial charge in [-0.05, 0) is 20.3 Å². The quantitative estimate of drug-likeness (QED) is 0.793. The highest BCUT2D eigenvalue weighted by Crippen LogP contribution is 2.31. The summed E-state index contributed by atoms with van der Waals surface area (Å²) < 4.78 is 0. The number of aromatic amines is 1. The summed E-state index contributed by atoms with van der Waals surface area (Å²) in [6, 6.07) is 0. The Morgan fingerprint density at radius 1 is 1.56 bits per heavy atom. The van der Waals surface area contributed by atoms with Gasteiger partial charge in [-0.25, -0.2) is 0 Å². The third kappa shape index (κ3) is 1.98. The van der Waals surface area contributed by atoms with Crippen LogP contribution in [0.4, 0.5) is 0 Å². The molecule has 1 saturated heterocycles. The molecule has 2 N–H and O–H groups in total. The Kier molecular flexibility index (Phi) is 3.11. The number of carbonyl (C=O) groups excluding carboxylic acids is 2. The van der Waals surface area contributed by atoms with Gasteiger partial charge in [0.15, 0.2) is 0 Å². The molecule has 2 amide bonds. The number of amides is 2. The van der Waals surface area contributed by atoms with E-state index >= 15 is 0 Å². The average molecular weight is 250 g/mol. The first kappa shape index (κ1) is 12.6. The van der Waals surface area contributed by atoms with Crippen LogP contribution in [0.2, 0.25) is 0 Å². The van der Waals surface area contributed by atoms with Crippen LogP contribution in [0.3, 0.4) is 0 Å². The third-order valence-corrected chi connectivity index (χ3v) is 3.60. The number of carbonyl (C=O) groups is 2. The van der Waals surface area contributed by atoms with Crippen LogP contribution < -0.4 is 5.32 Å². The van der Waals surface area contributed by atoms with E-state index in [1.165, 1.54) is 6.20 Å². The van der Waals surface area contributed by atoms with Crippen molar-refractivity contribution in [3.05, 3.63) is 17.5 Å². The van der Waals surface area contributed by atoms with Crippen LogP contribution in [0.25, 0.3) is 0 Å². The molecule has 6 heteroatoms. The summed E-state index contributed by atoms with van der Waals surface area (Å²) in [5.74, 6) is -0.0735. The monoisotopic (exact) mass is 250 g/mol. The predicted molar refractivity (Wildman–Crippen MR) is 66.0 cm³/mol. The van der Waals surface area contributed by atoms with Gasteiger partial charge >= 0.3 is 0 Å². The zero-order valence-electron chi connectivity index (χ0n) is 10.9. The predicted octanol–water partition coefficient (Wildman–Crippen LogP) is 0.316. The van der Waals surface area contributed by atoms with E-state index < -0.39 is 5.41 Å². The van der Waals surface area contributed by atoms with E-state index in [4.69, 9.17) is 0 Å². The van der Waals surface area contributed by atoms with Crippen molar-refractivity contribution in [2.45, 2.75) is 20.3 Å². The van der Waals surface area contributed by atoms with E-state index in [1.807, 2.05) is 13.8 Å². The molecule has 1 fully saturated rings. The molecule has 1 unspecified atom stereocenters. The van der Waals surface area contributed by atoms with Crippen molar-refractivity contribution < 1.29 is 9.59 Å². The van der Waals surface area contributed by atoms with E-state index in [2.05, 4.69) is 15.5 Å². The molecule has 6 nitrogen and oxygen atoms in total. The summed E-state index contributed by atoms with van der Waals surface area (Å²) in [6.07, 6.45) is 2.22. The van der Waals surface area contributed by atoms with Gasteiger partial charge in [0.1, 0.15) is 0 Å². The normalized spacial score (nSPS) is 23.2. The van der Waals surface area contributed by atoms with Crippen molar-refractivity contribution in [2.24, 2.45) is 5.41 Å². The maximum absolute atomic E-state index is 12.3. The highest BCUT2D eigenvalue weighted by atomic mass is 16.2. The number of hydrogen-bond acceptors (Lipinski definition) is 3. The van der Waals surface area contributed by atoms with E-state index in [0.717, 1.165) is 5.69 Å². The maximum atomic E-state index is 12.3. The molecule has 1 aromatic heterocycles. The number of likely N-dealkylation sites (tertiary alicyclic amines) is 1. The number of nitrogens with zero attached hydrogens (tertiary/aromatic N) is 2. The Morgan fingerprint density at radius 3 is 2.83 bits per heavy atom. The molecule has 0 saturated carbocycles. The fourth-order valence-corrected chi connectivity index (χ4v) is 2.36. The summed E-state index contributed by atoms with van der Waals surface area (Å²) in [5, 5.41) is 9.26. The fourth-order valence-electron chi connectivity index (χ4n) is 2.36. The van der Waals surface area contributed by atoms with Gasteiger partial charge in [0.25, 0.3) is 5.91 Å². The second-order valence-corrected chi connectivity index (χ2v) is 5.03. The van der Waals surface area contributed by atoms with Crippen molar-refractivity contribution in [3.63, 3.8) is 0 Å². The Bertz CT molecular complexity index is 482. The van der Waals surface area contributed by atoms with Crippen molar-refractivity contribution >= 4 is 11.8 Å². The van der Waals surface area contributed by atoms with Gasteiger partial charge in [-0.3, -0.25) is 14.7 Å². The third-order valence-electron chi connectivity index (χ3n) is 3.60. The molecule has 98 valence electrons. The maximum Gasteiger partial charge on any atom is 0.257 e. The van der Waals surface area contributed by atoms with Gasteiger partial charge in [-0.1, -0.05) is 0 Å². The van der Waals surface area contributed by atoms with Crippen molar-refractivity contribution in [2.75, 3.05) is 20.1 Å². The number of H-pyrrole nitrogens is 1. The number of hydrogen-bond donors (Lipinski definition) is 2. The Morgan fingerprint density at radius 2 is 2.28 bits per heavy atom. The van der Waals surface area contributed by atoms with Crippen molar-refractivity contribution in [3.8, 4) is 0 Å². The summed E-state index contributed by atoms with van der Waals surface area (Å²) >= 11 is 0. The van der Waals surface area contributed by atoms with Crippen molar-refractivity contribution in [1.29, 1.82) is 0 Å². The molecule has 2 heterocycles. The molecule has 1 aliphatic heterocycles. The summed E-state index contributed by atoms with van der Waals surface area (Å²) in [4.78, 5) is 25.8. The Labute approximate surface area is 106 Å². The molecule has 2 rings (SSSR count). The van der Waals surface area contributed by atoms with E-state index in [1.54, 1.807) is 11.9 Å². The van der Waals surface area contributed by atoms with Crippen LogP contribution in [-0.2, 0) is 4.79 Å². The first-order valence-corrected chi connectivity index (χ1v) is 5.99. The molecule has 1 atom stereocenters. The van der Waals surface area contributed by atoms with Gasteiger partial charge in [-0.2, -0.15) is 5.10 Å². The van der Waals surface area contributed by atoms with Gasteiger partial charge in [0.2, 0.25) is 5.91 Å². The van der Waals surface area contributed by atoms with Crippen molar-refractivity contribution in [1.82, 2.24) is 20.4 Å². The van der Waals surface area contributed by atoms with Gasteiger partial charge in [0, 0.05) is 25.8 Å². The van der Waals surface area contributed by atoms with Crippen LogP contribution in [0, 0.1) is 12.3 Å². The lowest BCUT2D eigenvalue weighted by molar-refractivity contribution is -0.128. The van der Waals surface area contributed by atoms with E-state index in [9.17, 15) is 9.59 Å². The average Bonchev–Trinajstić information content (AvgIpc) is 2.95. The van der Waals surface area contributed by atoms with Gasteiger partial charge < -0.3 is 10.2 Å². The lowest BCUT2D eigenvalue weighted by atomic mass is 9.89. The Balaban J connectivity index is 2.12. The minimum atomic E-state index is -0.484. The molecule has 1 aliphatic rings. The molecule has 0 aromatic carbocycles. The fraction of sp³-hybridized carbons (Fsp3) is 0.583. The van der Waals surface area contributed by atoms with Crippen LogP contribution >= 0.6 is 0 Å². The lowest BCUT2D eigenvalue weighted by Crippen LogP contribution is -2.40. The highest BCUT2D eigenvalue weighted by Gasteiger charge is 2.41. The van der Waals surface area contributed by atoms with Crippen LogP contribution in [-0.4, -0.2) is 47.0 Å². The lowest BCUT2D eigenvalue weighted by Gasteiger charge is -2.22. The molecule has 0 aliphatic carbocycles. The molecule has 0 radical (unpaired) electrons. The van der Waals surface area contributed by atoms with Crippen LogP contribution in [0.1, 0.15) is 29.4 Å². The Hall–Kier alpha value is -1.85. The zero-order chi connectivity index (χ0) is 13.3. The molecule has 0 spiro atoms. The summed E-state index contributed by atoms with van der Waals surface area (Å²) in [5.41, 5.74) is 0.854. The smallest absolute Gasteiger partial charge is 0.257 e. The van der Waals surface area contributed by atoms with E-state index in [0.29, 0.717) is 25.1 Å². The highest BCUT2D eigenvalue weighted by molar-refractivity contribution is 5.96. The molecule has 18 heavy (non-hydrogen) atoms. The first-order chi connectivity index (χ1) is 8.48. The molecular weight excluding hydrogens is 232 g/mol. The molecule has 1 aromatic rings. The summed E-state index contributed by atoms with van der Waals surface area (Å²) in [7, 11) is 1.62.